The van der Waals surface area contributed by atoms with Gasteiger partial charge in [-0.1, -0.05) is 29.8 Å². The van der Waals surface area contributed by atoms with Gasteiger partial charge in [0, 0.05) is 17.8 Å². The maximum absolute atomic E-state index is 11.1. The number of nitrogens with one attached hydrogen (secondary N) is 1. The van der Waals surface area contributed by atoms with Gasteiger partial charge in [-0.3, -0.25) is 0 Å². The van der Waals surface area contributed by atoms with Crippen molar-refractivity contribution >= 4 is 23.3 Å². The first kappa shape index (κ1) is 16.2. The molecule has 0 spiro atoms. The van der Waals surface area contributed by atoms with Crippen LogP contribution in [0.25, 0.3) is 0 Å². The number of anilines is 1. The van der Waals surface area contributed by atoms with Crippen LogP contribution in [0.3, 0.4) is 0 Å². The van der Waals surface area contributed by atoms with Gasteiger partial charge in [-0.25, -0.2) is 4.79 Å². The van der Waals surface area contributed by atoms with Crippen molar-refractivity contribution in [1.82, 2.24) is 0 Å². The quantitative estimate of drug-likeness (QED) is 0.826. The van der Waals surface area contributed by atoms with Crippen molar-refractivity contribution in [2.24, 2.45) is 0 Å². The molecule has 0 aliphatic heterocycles. The van der Waals surface area contributed by atoms with E-state index in [1.165, 1.54) is 6.07 Å². The van der Waals surface area contributed by atoms with Gasteiger partial charge >= 0.3 is 5.97 Å². The van der Waals surface area contributed by atoms with Crippen molar-refractivity contribution in [1.29, 1.82) is 0 Å². The second-order valence-electron chi connectivity index (χ2n) is 5.13. The first-order valence-electron chi connectivity index (χ1n) is 6.98. The van der Waals surface area contributed by atoms with Gasteiger partial charge in [-0.05, 0) is 38.1 Å². The number of rotatable bonds is 6. The van der Waals surface area contributed by atoms with Crippen LogP contribution >= 0.6 is 11.6 Å². The summed E-state index contributed by atoms with van der Waals surface area (Å²) < 4.78 is 5.76. The number of hydrogen-bond donors (Lipinski definition) is 2. The van der Waals surface area contributed by atoms with E-state index in [0.29, 0.717) is 12.2 Å². The molecule has 0 heterocycles. The zero-order chi connectivity index (χ0) is 16.1. The molecule has 0 aliphatic carbocycles. The molecule has 0 radical (unpaired) electrons. The molecule has 0 amide bonds. The van der Waals surface area contributed by atoms with Gasteiger partial charge < -0.3 is 15.2 Å². The molecule has 0 aromatic heterocycles. The molecule has 2 rings (SSSR count). The monoisotopic (exact) mass is 319 g/mol. The van der Waals surface area contributed by atoms with Gasteiger partial charge in [0.05, 0.1) is 16.7 Å². The number of ether oxygens (including phenoxy) is 1. The van der Waals surface area contributed by atoms with Gasteiger partial charge in [-0.2, -0.15) is 0 Å². The lowest BCUT2D eigenvalue weighted by Crippen LogP contribution is -2.09. The number of benzene rings is 2. The summed E-state index contributed by atoms with van der Waals surface area (Å²) in [5.41, 5.74) is 1.78. The molecule has 0 atom stereocenters. The molecular weight excluding hydrogens is 302 g/mol. The number of para-hydroxylation sites is 1. The highest BCUT2D eigenvalue weighted by Gasteiger charge is 2.10. The van der Waals surface area contributed by atoms with E-state index in [2.05, 4.69) is 5.32 Å². The normalized spacial score (nSPS) is 10.5. The van der Waals surface area contributed by atoms with Crippen molar-refractivity contribution in [3.05, 3.63) is 58.6 Å². The number of carboxylic acid groups (broad SMARTS) is 1. The van der Waals surface area contributed by atoms with E-state index in [9.17, 15) is 4.79 Å². The van der Waals surface area contributed by atoms with E-state index in [1.54, 1.807) is 12.1 Å². The van der Waals surface area contributed by atoms with Gasteiger partial charge in [0.25, 0.3) is 0 Å². The Balaban J connectivity index is 2.14. The summed E-state index contributed by atoms with van der Waals surface area (Å²) in [6, 6.07) is 12.6. The highest BCUT2D eigenvalue weighted by molar-refractivity contribution is 6.33. The third-order valence-corrected chi connectivity index (χ3v) is 3.34. The molecule has 22 heavy (non-hydrogen) atoms. The Morgan fingerprint density at radius 1 is 1.27 bits per heavy atom. The van der Waals surface area contributed by atoms with Crippen molar-refractivity contribution in [2.45, 2.75) is 26.5 Å². The number of halogens is 1. The van der Waals surface area contributed by atoms with Crippen molar-refractivity contribution in [3.63, 3.8) is 0 Å². The van der Waals surface area contributed by atoms with Crippen LogP contribution in [-0.4, -0.2) is 17.2 Å². The lowest BCUT2D eigenvalue weighted by molar-refractivity contribution is 0.0697. The van der Waals surface area contributed by atoms with Gasteiger partial charge in [0.1, 0.15) is 5.75 Å². The average Bonchev–Trinajstić information content (AvgIpc) is 2.47. The van der Waals surface area contributed by atoms with Crippen LogP contribution in [0.15, 0.2) is 42.5 Å². The third kappa shape index (κ3) is 4.15. The topological polar surface area (TPSA) is 58.6 Å². The number of carbonyl (C=O) groups is 1. The molecular formula is C17H18ClNO3. The molecule has 4 nitrogen and oxygen atoms in total. The molecule has 0 aliphatic rings. The van der Waals surface area contributed by atoms with E-state index in [0.717, 1.165) is 11.3 Å². The standard InChI is InChI=1S/C17H18ClNO3/c1-11(2)22-16-6-4-3-5-12(16)10-19-13-7-8-15(18)14(9-13)17(20)21/h3-9,11,19H,10H2,1-2H3,(H,20,21). The van der Waals surface area contributed by atoms with Crippen LogP contribution in [0.5, 0.6) is 5.75 Å². The lowest BCUT2D eigenvalue weighted by Gasteiger charge is -2.15. The van der Waals surface area contributed by atoms with Crippen molar-refractivity contribution in [2.75, 3.05) is 5.32 Å². The van der Waals surface area contributed by atoms with E-state index in [-0.39, 0.29) is 16.7 Å². The molecule has 0 bridgehead atoms. The Hall–Kier alpha value is -2.20. The van der Waals surface area contributed by atoms with Crippen LogP contribution in [0.2, 0.25) is 5.02 Å². The Labute approximate surface area is 134 Å². The highest BCUT2D eigenvalue weighted by atomic mass is 35.5. The first-order chi connectivity index (χ1) is 10.5. The molecule has 116 valence electrons. The average molecular weight is 320 g/mol. The maximum Gasteiger partial charge on any atom is 0.337 e. The van der Waals surface area contributed by atoms with E-state index >= 15 is 0 Å². The maximum atomic E-state index is 11.1. The molecule has 5 heteroatoms. The largest absolute Gasteiger partial charge is 0.491 e. The molecule has 2 aromatic rings. The fourth-order valence-electron chi connectivity index (χ4n) is 2.02. The molecule has 2 N–H and O–H groups in total. The molecule has 0 fully saturated rings. The summed E-state index contributed by atoms with van der Waals surface area (Å²) in [5, 5.41) is 12.5. The molecule has 0 saturated carbocycles. The second-order valence-corrected chi connectivity index (χ2v) is 5.53. The van der Waals surface area contributed by atoms with E-state index < -0.39 is 5.97 Å². The minimum Gasteiger partial charge on any atom is -0.491 e. The van der Waals surface area contributed by atoms with Crippen LogP contribution in [-0.2, 0) is 6.54 Å². The van der Waals surface area contributed by atoms with Crippen molar-refractivity contribution < 1.29 is 14.6 Å². The summed E-state index contributed by atoms with van der Waals surface area (Å²) in [6.45, 7) is 4.48. The number of aromatic carboxylic acids is 1. The zero-order valence-corrected chi connectivity index (χ0v) is 13.2. The smallest absolute Gasteiger partial charge is 0.337 e. The first-order valence-corrected chi connectivity index (χ1v) is 7.36. The van der Waals surface area contributed by atoms with Gasteiger partial charge in [-0.15, -0.1) is 0 Å². The minimum atomic E-state index is -1.04. The van der Waals surface area contributed by atoms with Crippen molar-refractivity contribution in [3.8, 4) is 5.75 Å². The number of hydrogen-bond acceptors (Lipinski definition) is 3. The Morgan fingerprint density at radius 2 is 2.00 bits per heavy atom. The van der Waals surface area contributed by atoms with Crippen LogP contribution < -0.4 is 10.1 Å². The second kappa shape index (κ2) is 7.18. The third-order valence-electron chi connectivity index (χ3n) is 3.02. The predicted molar refractivity (Wildman–Crippen MR) is 87.9 cm³/mol. The van der Waals surface area contributed by atoms with E-state index in [4.69, 9.17) is 21.4 Å². The minimum absolute atomic E-state index is 0.0818. The Kier molecular flexibility index (Phi) is 5.28. The summed E-state index contributed by atoms with van der Waals surface area (Å²) in [4.78, 5) is 11.1. The fraction of sp³-hybridized carbons (Fsp3) is 0.235. The van der Waals surface area contributed by atoms with Crippen LogP contribution in [0, 0.1) is 0 Å². The van der Waals surface area contributed by atoms with Crippen LogP contribution in [0.4, 0.5) is 5.69 Å². The van der Waals surface area contributed by atoms with Crippen LogP contribution in [0.1, 0.15) is 29.8 Å². The summed E-state index contributed by atoms with van der Waals surface area (Å²) in [7, 11) is 0. The fourth-order valence-corrected chi connectivity index (χ4v) is 2.21. The molecule has 2 aromatic carbocycles. The summed E-state index contributed by atoms with van der Waals surface area (Å²) in [5.74, 6) is -0.227. The Morgan fingerprint density at radius 3 is 2.68 bits per heavy atom. The Bertz CT molecular complexity index is 671. The molecule has 0 unspecified atom stereocenters. The van der Waals surface area contributed by atoms with Gasteiger partial charge in [0.15, 0.2) is 0 Å². The SMILES string of the molecule is CC(C)Oc1ccccc1CNc1ccc(Cl)c(C(=O)O)c1. The van der Waals surface area contributed by atoms with Gasteiger partial charge in [0.2, 0.25) is 0 Å². The summed E-state index contributed by atoms with van der Waals surface area (Å²) in [6.07, 6.45) is 0.0929. The highest BCUT2D eigenvalue weighted by Crippen LogP contribution is 2.23. The number of carboxylic acids is 1. The van der Waals surface area contributed by atoms with E-state index in [1.807, 2.05) is 38.1 Å². The molecule has 0 saturated heterocycles. The zero-order valence-electron chi connectivity index (χ0n) is 12.5. The lowest BCUT2D eigenvalue weighted by atomic mass is 10.1. The summed E-state index contributed by atoms with van der Waals surface area (Å²) >= 11 is 5.86. The predicted octanol–water partition coefficient (Wildman–Crippen LogP) is 4.44.